The average Bonchev–Trinajstić information content (AvgIpc) is 2.62. The Morgan fingerprint density at radius 2 is 1.80 bits per heavy atom. The maximum absolute atomic E-state index is 12.6. The van der Waals surface area contributed by atoms with E-state index < -0.39 is 4.92 Å². The number of phenolic OH excluding ortho intramolecular Hbond substituents is 1. The number of likely N-dealkylation sites (tertiary alicyclic amines) is 1. The van der Waals surface area contributed by atoms with Crippen LogP contribution in [0.5, 0.6) is 5.75 Å². The molecule has 1 saturated heterocycles. The molecule has 1 fully saturated rings. The zero-order valence-corrected chi connectivity index (χ0v) is 14.0. The fourth-order valence-corrected chi connectivity index (χ4v) is 3.28. The zero-order chi connectivity index (χ0) is 18.0. The third kappa shape index (κ3) is 3.63. The molecule has 0 spiro atoms. The number of piperidine rings is 1. The topological polar surface area (TPSA) is 83.7 Å². The summed E-state index contributed by atoms with van der Waals surface area (Å²) in [5, 5.41) is 20.4. The van der Waals surface area contributed by atoms with Crippen molar-refractivity contribution in [3.63, 3.8) is 0 Å². The standard InChI is InChI=1S/C19H20N2O4/c1-13-2-3-16(12-18(13)21(24)25)19(23)20-10-8-15(9-11-20)14-4-6-17(22)7-5-14/h2-7,12,15,22H,8-11H2,1H3. The van der Waals surface area contributed by atoms with Gasteiger partial charge in [0, 0.05) is 30.3 Å². The van der Waals surface area contributed by atoms with E-state index in [0.29, 0.717) is 30.1 Å². The van der Waals surface area contributed by atoms with Crippen LogP contribution in [0.15, 0.2) is 42.5 Å². The van der Waals surface area contributed by atoms with Crippen LogP contribution in [0.4, 0.5) is 5.69 Å². The van der Waals surface area contributed by atoms with E-state index in [1.807, 2.05) is 12.1 Å². The number of benzene rings is 2. The van der Waals surface area contributed by atoms with Crippen molar-refractivity contribution in [3.05, 3.63) is 69.3 Å². The van der Waals surface area contributed by atoms with Crippen LogP contribution in [0.1, 0.15) is 40.2 Å². The largest absolute Gasteiger partial charge is 0.508 e. The number of nitrogens with zero attached hydrogens (tertiary/aromatic N) is 2. The molecule has 0 aliphatic carbocycles. The van der Waals surface area contributed by atoms with E-state index in [0.717, 1.165) is 18.4 Å². The van der Waals surface area contributed by atoms with Crippen molar-refractivity contribution >= 4 is 11.6 Å². The highest BCUT2D eigenvalue weighted by Crippen LogP contribution is 2.30. The molecule has 6 nitrogen and oxygen atoms in total. The van der Waals surface area contributed by atoms with Gasteiger partial charge in [-0.1, -0.05) is 18.2 Å². The van der Waals surface area contributed by atoms with Gasteiger partial charge < -0.3 is 10.0 Å². The van der Waals surface area contributed by atoms with Crippen LogP contribution in [0.2, 0.25) is 0 Å². The van der Waals surface area contributed by atoms with Gasteiger partial charge in [0.25, 0.3) is 11.6 Å². The maximum Gasteiger partial charge on any atom is 0.273 e. The van der Waals surface area contributed by atoms with Gasteiger partial charge >= 0.3 is 0 Å². The Bertz CT molecular complexity index is 794. The van der Waals surface area contributed by atoms with Crippen molar-refractivity contribution < 1.29 is 14.8 Å². The molecule has 2 aromatic rings. The molecule has 130 valence electrons. The number of carbonyl (C=O) groups excluding carboxylic acids is 1. The van der Waals surface area contributed by atoms with Gasteiger partial charge in [0.05, 0.1) is 4.92 Å². The van der Waals surface area contributed by atoms with Crippen molar-refractivity contribution in [2.75, 3.05) is 13.1 Å². The Labute approximate surface area is 145 Å². The summed E-state index contributed by atoms with van der Waals surface area (Å²) in [6.07, 6.45) is 1.68. The Morgan fingerprint density at radius 3 is 2.40 bits per heavy atom. The number of aryl methyl sites for hydroxylation is 1. The number of phenols is 1. The number of nitro benzene ring substituents is 1. The summed E-state index contributed by atoms with van der Waals surface area (Å²) in [6, 6.07) is 11.8. The molecule has 1 aliphatic rings. The van der Waals surface area contributed by atoms with Gasteiger partial charge in [0.1, 0.15) is 5.75 Å². The molecule has 25 heavy (non-hydrogen) atoms. The van der Waals surface area contributed by atoms with Gasteiger partial charge in [0.15, 0.2) is 0 Å². The van der Waals surface area contributed by atoms with Crippen LogP contribution in [-0.4, -0.2) is 33.9 Å². The number of carbonyl (C=O) groups is 1. The molecule has 1 aliphatic heterocycles. The number of amides is 1. The van der Waals surface area contributed by atoms with E-state index in [-0.39, 0.29) is 17.3 Å². The SMILES string of the molecule is Cc1ccc(C(=O)N2CCC(c3ccc(O)cc3)CC2)cc1[N+](=O)[O-]. The predicted octanol–water partition coefficient (Wildman–Crippen LogP) is 3.63. The second-order valence-corrected chi connectivity index (χ2v) is 6.42. The van der Waals surface area contributed by atoms with E-state index in [4.69, 9.17) is 0 Å². The monoisotopic (exact) mass is 340 g/mol. The zero-order valence-electron chi connectivity index (χ0n) is 14.0. The van der Waals surface area contributed by atoms with Gasteiger partial charge in [-0.05, 0) is 49.4 Å². The highest BCUT2D eigenvalue weighted by atomic mass is 16.6. The molecule has 6 heteroatoms. The Hall–Kier alpha value is -2.89. The molecule has 1 N–H and O–H groups in total. The number of rotatable bonds is 3. The predicted molar refractivity (Wildman–Crippen MR) is 93.8 cm³/mol. The summed E-state index contributed by atoms with van der Waals surface area (Å²) in [5.74, 6) is 0.446. The molecule has 2 aromatic carbocycles. The Balaban J connectivity index is 1.68. The fraction of sp³-hybridized carbons (Fsp3) is 0.316. The van der Waals surface area contributed by atoms with Crippen molar-refractivity contribution in [3.8, 4) is 5.75 Å². The van der Waals surface area contributed by atoms with Gasteiger partial charge in [0.2, 0.25) is 0 Å². The minimum Gasteiger partial charge on any atom is -0.508 e. The maximum atomic E-state index is 12.6. The summed E-state index contributed by atoms with van der Waals surface area (Å²) >= 11 is 0. The molecule has 0 radical (unpaired) electrons. The van der Waals surface area contributed by atoms with Crippen LogP contribution in [0.25, 0.3) is 0 Å². The van der Waals surface area contributed by atoms with Crippen molar-refractivity contribution in [1.82, 2.24) is 4.90 Å². The molecule has 0 bridgehead atoms. The summed E-state index contributed by atoms with van der Waals surface area (Å²) in [5.41, 5.74) is 2.05. The highest BCUT2D eigenvalue weighted by Gasteiger charge is 2.25. The van der Waals surface area contributed by atoms with Gasteiger partial charge in [-0.25, -0.2) is 0 Å². The fourth-order valence-electron chi connectivity index (χ4n) is 3.28. The van der Waals surface area contributed by atoms with Crippen LogP contribution >= 0.6 is 0 Å². The quantitative estimate of drug-likeness (QED) is 0.683. The second kappa shape index (κ2) is 6.93. The summed E-state index contributed by atoms with van der Waals surface area (Å²) in [4.78, 5) is 25.0. The molecule has 0 unspecified atom stereocenters. The number of hydrogen-bond acceptors (Lipinski definition) is 4. The molecular formula is C19H20N2O4. The van der Waals surface area contributed by atoms with Crippen LogP contribution in [0.3, 0.4) is 0 Å². The van der Waals surface area contributed by atoms with Crippen molar-refractivity contribution in [2.24, 2.45) is 0 Å². The molecule has 0 atom stereocenters. The van der Waals surface area contributed by atoms with E-state index in [1.54, 1.807) is 36.1 Å². The minimum atomic E-state index is -0.455. The first kappa shape index (κ1) is 17.0. The summed E-state index contributed by atoms with van der Waals surface area (Å²) in [6.45, 7) is 2.90. The number of hydrogen-bond donors (Lipinski definition) is 1. The van der Waals surface area contributed by atoms with Crippen molar-refractivity contribution in [2.45, 2.75) is 25.7 Å². The lowest BCUT2D eigenvalue weighted by Gasteiger charge is -2.32. The van der Waals surface area contributed by atoms with Crippen molar-refractivity contribution in [1.29, 1.82) is 0 Å². The highest BCUT2D eigenvalue weighted by molar-refractivity contribution is 5.95. The number of nitro groups is 1. The van der Waals surface area contributed by atoms with E-state index in [1.165, 1.54) is 6.07 Å². The molecule has 1 heterocycles. The van der Waals surface area contributed by atoms with E-state index in [9.17, 15) is 20.0 Å². The normalized spacial score (nSPS) is 15.2. The van der Waals surface area contributed by atoms with Gasteiger partial charge in [-0.15, -0.1) is 0 Å². The number of aromatic hydroxyl groups is 1. The molecule has 0 saturated carbocycles. The van der Waals surface area contributed by atoms with Crippen LogP contribution in [0, 0.1) is 17.0 Å². The third-order valence-electron chi connectivity index (χ3n) is 4.80. The molecule has 3 rings (SSSR count). The van der Waals surface area contributed by atoms with E-state index in [2.05, 4.69) is 0 Å². The van der Waals surface area contributed by atoms with Crippen LogP contribution < -0.4 is 0 Å². The lowest BCUT2D eigenvalue weighted by atomic mass is 9.89. The molecule has 1 amide bonds. The molecule has 0 aromatic heterocycles. The lowest BCUT2D eigenvalue weighted by molar-refractivity contribution is -0.385. The first-order chi connectivity index (χ1) is 12.0. The molecular weight excluding hydrogens is 320 g/mol. The Kier molecular flexibility index (Phi) is 4.70. The van der Waals surface area contributed by atoms with Gasteiger partial charge in [-0.3, -0.25) is 14.9 Å². The lowest BCUT2D eigenvalue weighted by Crippen LogP contribution is -2.37. The van der Waals surface area contributed by atoms with E-state index >= 15 is 0 Å². The average molecular weight is 340 g/mol. The minimum absolute atomic E-state index is 0.0233. The summed E-state index contributed by atoms with van der Waals surface area (Å²) in [7, 11) is 0. The smallest absolute Gasteiger partial charge is 0.273 e. The third-order valence-corrected chi connectivity index (χ3v) is 4.80. The Morgan fingerprint density at radius 1 is 1.16 bits per heavy atom. The first-order valence-electron chi connectivity index (χ1n) is 8.29. The summed E-state index contributed by atoms with van der Waals surface area (Å²) < 4.78 is 0. The second-order valence-electron chi connectivity index (χ2n) is 6.42. The van der Waals surface area contributed by atoms with Gasteiger partial charge in [-0.2, -0.15) is 0 Å². The van der Waals surface area contributed by atoms with Crippen LogP contribution in [-0.2, 0) is 0 Å². The first-order valence-corrected chi connectivity index (χ1v) is 8.29.